The van der Waals surface area contributed by atoms with E-state index >= 15 is 0 Å². The van der Waals surface area contributed by atoms with E-state index in [9.17, 15) is 0 Å². The van der Waals surface area contributed by atoms with E-state index < -0.39 is 0 Å². The van der Waals surface area contributed by atoms with E-state index in [1.807, 2.05) is 31.0 Å². The second-order valence-electron chi connectivity index (χ2n) is 3.38. The molecule has 0 aliphatic carbocycles. The van der Waals surface area contributed by atoms with Crippen LogP contribution < -0.4 is 0 Å². The molecule has 0 fully saturated rings. The van der Waals surface area contributed by atoms with Gasteiger partial charge in [0.05, 0.1) is 0 Å². The first-order valence-corrected chi connectivity index (χ1v) is 4.43. The Labute approximate surface area is 80.0 Å². The van der Waals surface area contributed by atoms with E-state index in [0.29, 0.717) is 0 Å². The average molecular weight is 174 g/mol. The van der Waals surface area contributed by atoms with Crippen LogP contribution in [0.15, 0.2) is 30.3 Å². The summed E-state index contributed by atoms with van der Waals surface area (Å²) in [5.41, 5.74) is 2.54. The topological polar surface area (TPSA) is 3.01 Å². The van der Waals surface area contributed by atoms with Gasteiger partial charge in [0.2, 0.25) is 0 Å². The van der Waals surface area contributed by atoms with Crippen molar-refractivity contribution in [2.24, 2.45) is 0 Å². The van der Waals surface area contributed by atoms with Gasteiger partial charge in [-0.05, 0) is 18.6 Å². The molecule has 1 aromatic carbocycles. The lowest BCUT2D eigenvalue weighted by Crippen LogP contribution is -1.94. The van der Waals surface area contributed by atoms with Crippen LogP contribution in [0.5, 0.6) is 0 Å². The molecule has 0 unspecified atom stereocenters. The summed E-state index contributed by atoms with van der Waals surface area (Å²) in [5, 5.41) is 0. The number of benzene rings is 1. The van der Waals surface area contributed by atoms with Crippen molar-refractivity contribution >= 4 is 12.3 Å². The number of nitrogens with zero attached hydrogens (tertiary/aromatic N) is 1. The summed E-state index contributed by atoms with van der Waals surface area (Å²) >= 11 is 0. The van der Waals surface area contributed by atoms with Gasteiger partial charge in [-0.3, -0.25) is 0 Å². The maximum absolute atomic E-state index is 2.12. The van der Waals surface area contributed by atoms with Crippen molar-refractivity contribution in [1.82, 2.24) is 0 Å². The van der Waals surface area contributed by atoms with Gasteiger partial charge < -0.3 is 0 Å². The van der Waals surface area contributed by atoms with Crippen LogP contribution in [0.4, 0.5) is 0 Å². The minimum Gasteiger partial charge on any atom is -0.241 e. The van der Waals surface area contributed by atoms with E-state index in [1.54, 1.807) is 0 Å². The first kappa shape index (κ1) is 9.72. The van der Waals surface area contributed by atoms with E-state index in [-0.39, 0.29) is 0 Å². The van der Waals surface area contributed by atoms with E-state index in [4.69, 9.17) is 0 Å². The molecule has 1 nitrogen and oxygen atoms in total. The van der Waals surface area contributed by atoms with Crippen molar-refractivity contribution in [3.63, 3.8) is 0 Å². The highest BCUT2D eigenvalue weighted by molar-refractivity contribution is 5.74. The Morgan fingerprint density at radius 3 is 2.23 bits per heavy atom. The maximum atomic E-state index is 2.12. The number of rotatable bonds is 2. The van der Waals surface area contributed by atoms with Crippen LogP contribution in [-0.2, 0) is 0 Å². The van der Waals surface area contributed by atoms with Gasteiger partial charge in [0.15, 0.2) is 6.21 Å². The highest BCUT2D eigenvalue weighted by Crippen LogP contribution is 2.03. The maximum Gasteiger partial charge on any atom is 0.162 e. The second kappa shape index (κ2) is 4.61. The minimum absolute atomic E-state index is 1.24. The molecule has 0 saturated heterocycles. The Bertz CT molecular complexity index is 313. The predicted octanol–water partition coefficient (Wildman–Crippen LogP) is 2.35. The molecular formula is C12H16N+. The molecule has 13 heavy (non-hydrogen) atoms. The molecule has 0 bridgehead atoms. The minimum atomic E-state index is 1.24. The largest absolute Gasteiger partial charge is 0.241 e. The van der Waals surface area contributed by atoms with Crippen molar-refractivity contribution in [1.29, 1.82) is 0 Å². The lowest BCUT2D eigenvalue weighted by atomic mass is 10.1. The van der Waals surface area contributed by atoms with Gasteiger partial charge in [-0.25, -0.2) is 4.58 Å². The zero-order valence-corrected chi connectivity index (χ0v) is 8.49. The molecule has 0 radical (unpaired) electrons. The SMILES string of the molecule is Cc1ccc(/C=C/C=[N+](C)C)cc1. The molecule has 0 aromatic heterocycles. The number of hydrogen-bond acceptors (Lipinski definition) is 0. The van der Waals surface area contributed by atoms with Crippen LogP contribution in [-0.4, -0.2) is 24.9 Å². The fourth-order valence-electron chi connectivity index (χ4n) is 1.00. The summed E-state index contributed by atoms with van der Waals surface area (Å²) in [6.45, 7) is 2.10. The standard InChI is InChI=1S/C12H16N/c1-11-6-8-12(9-7-11)5-4-10-13(2)3/h4-10H,1-3H3/q+1/b5-4+. The molecule has 1 heteroatoms. The molecule has 68 valence electrons. The van der Waals surface area contributed by atoms with E-state index in [2.05, 4.69) is 37.3 Å². The lowest BCUT2D eigenvalue weighted by Gasteiger charge is -1.92. The number of allylic oxidation sites excluding steroid dienone is 1. The normalized spacial score (nSPS) is 10.4. The van der Waals surface area contributed by atoms with Crippen LogP contribution in [0.2, 0.25) is 0 Å². The van der Waals surface area contributed by atoms with Gasteiger partial charge in [-0.2, -0.15) is 0 Å². The molecular weight excluding hydrogens is 158 g/mol. The fraction of sp³-hybridized carbons (Fsp3) is 0.250. The zero-order valence-electron chi connectivity index (χ0n) is 8.49. The Morgan fingerprint density at radius 1 is 1.08 bits per heavy atom. The van der Waals surface area contributed by atoms with Crippen molar-refractivity contribution in [2.45, 2.75) is 6.92 Å². The summed E-state index contributed by atoms with van der Waals surface area (Å²) in [7, 11) is 4.03. The highest BCUT2D eigenvalue weighted by atomic mass is 14.9. The molecule has 0 atom stereocenters. The summed E-state index contributed by atoms with van der Waals surface area (Å²) < 4.78 is 2.02. The van der Waals surface area contributed by atoms with E-state index in [0.717, 1.165) is 0 Å². The van der Waals surface area contributed by atoms with Gasteiger partial charge in [0, 0.05) is 6.08 Å². The molecule has 0 aliphatic rings. The van der Waals surface area contributed by atoms with Crippen molar-refractivity contribution in [3.05, 3.63) is 41.5 Å². The summed E-state index contributed by atoms with van der Waals surface area (Å²) in [4.78, 5) is 0. The Hall–Kier alpha value is -1.37. The molecule has 1 aromatic rings. The number of aryl methyl sites for hydroxylation is 1. The van der Waals surface area contributed by atoms with Gasteiger partial charge >= 0.3 is 0 Å². The molecule has 0 amide bonds. The molecule has 0 aliphatic heterocycles. The molecule has 0 saturated carbocycles. The van der Waals surface area contributed by atoms with Crippen LogP contribution >= 0.6 is 0 Å². The fourth-order valence-corrected chi connectivity index (χ4v) is 1.00. The Balaban J connectivity index is 2.70. The van der Waals surface area contributed by atoms with Gasteiger partial charge in [0.25, 0.3) is 0 Å². The van der Waals surface area contributed by atoms with Crippen molar-refractivity contribution in [3.8, 4) is 0 Å². The third kappa shape index (κ3) is 3.70. The molecule has 1 rings (SSSR count). The molecule has 0 spiro atoms. The van der Waals surface area contributed by atoms with Gasteiger partial charge in [-0.15, -0.1) is 0 Å². The van der Waals surface area contributed by atoms with Gasteiger partial charge in [0.1, 0.15) is 14.1 Å². The van der Waals surface area contributed by atoms with Crippen LogP contribution in [0, 0.1) is 6.92 Å². The van der Waals surface area contributed by atoms with Crippen molar-refractivity contribution in [2.75, 3.05) is 14.1 Å². The van der Waals surface area contributed by atoms with E-state index in [1.165, 1.54) is 11.1 Å². The number of hydrogen-bond donors (Lipinski definition) is 0. The summed E-state index contributed by atoms with van der Waals surface area (Å²) in [6, 6.07) is 8.48. The third-order valence-corrected chi connectivity index (χ3v) is 1.75. The lowest BCUT2D eigenvalue weighted by molar-refractivity contribution is -0.458. The van der Waals surface area contributed by atoms with Crippen molar-refractivity contribution < 1.29 is 4.58 Å². The quantitative estimate of drug-likeness (QED) is 0.478. The van der Waals surface area contributed by atoms with Crippen LogP contribution in [0.1, 0.15) is 11.1 Å². The zero-order chi connectivity index (χ0) is 9.68. The van der Waals surface area contributed by atoms with Crippen LogP contribution in [0.25, 0.3) is 6.08 Å². The molecule has 0 N–H and O–H groups in total. The second-order valence-corrected chi connectivity index (χ2v) is 3.38. The monoisotopic (exact) mass is 174 g/mol. The Kier molecular flexibility index (Phi) is 3.44. The Morgan fingerprint density at radius 2 is 1.69 bits per heavy atom. The first-order chi connectivity index (χ1) is 6.18. The predicted molar refractivity (Wildman–Crippen MR) is 58.4 cm³/mol. The van der Waals surface area contributed by atoms with Gasteiger partial charge in [-0.1, -0.05) is 29.8 Å². The average Bonchev–Trinajstić information content (AvgIpc) is 2.08. The smallest absolute Gasteiger partial charge is 0.162 e. The summed E-state index contributed by atoms with van der Waals surface area (Å²) in [5.74, 6) is 0. The first-order valence-electron chi connectivity index (χ1n) is 4.43. The third-order valence-electron chi connectivity index (χ3n) is 1.75. The highest BCUT2D eigenvalue weighted by Gasteiger charge is 1.85. The molecule has 0 heterocycles. The van der Waals surface area contributed by atoms with Crippen LogP contribution in [0.3, 0.4) is 0 Å². The summed E-state index contributed by atoms with van der Waals surface area (Å²) in [6.07, 6.45) is 6.17.